The van der Waals surface area contributed by atoms with Crippen LogP contribution in [0.1, 0.15) is 25.0 Å². The Labute approximate surface area is 228 Å². The molecule has 5 nitrogen and oxygen atoms in total. The van der Waals surface area contributed by atoms with Gasteiger partial charge in [-0.1, -0.05) is 85.2 Å². The lowest BCUT2D eigenvalue weighted by molar-refractivity contribution is 0.101. The van der Waals surface area contributed by atoms with Crippen molar-refractivity contribution in [3.05, 3.63) is 98.8 Å². The molecule has 3 aromatic rings. The highest BCUT2D eigenvalue weighted by Crippen LogP contribution is 2.36. The van der Waals surface area contributed by atoms with Crippen LogP contribution in [0.25, 0.3) is 0 Å². The standard InChI is InChI=1S/C28H33Cl2N3O2S/c1-20(2)27(31-3)28(36-25-15-23(29)14-24(30)16-25)33(18-22-10-11-26(34-4)32-17-22)12-13-35-19-21-8-6-5-7-9-21/h5-11,14-17,20,31H,12-13,18-19H2,1-4H3/b28-27+. The summed E-state index contributed by atoms with van der Waals surface area (Å²) in [5, 5.41) is 5.73. The molecule has 36 heavy (non-hydrogen) atoms. The van der Waals surface area contributed by atoms with Crippen molar-refractivity contribution in [1.82, 2.24) is 15.2 Å². The number of rotatable bonds is 13. The molecule has 0 spiro atoms. The molecule has 0 aliphatic heterocycles. The van der Waals surface area contributed by atoms with Gasteiger partial charge in [-0.05, 0) is 35.2 Å². The highest BCUT2D eigenvalue weighted by atomic mass is 35.5. The number of thioether (sulfide) groups is 1. The van der Waals surface area contributed by atoms with Gasteiger partial charge < -0.3 is 19.7 Å². The molecule has 192 valence electrons. The van der Waals surface area contributed by atoms with Gasteiger partial charge in [0.05, 0.1) is 25.4 Å². The molecule has 3 rings (SSSR count). The quantitative estimate of drug-likeness (QED) is 0.180. The van der Waals surface area contributed by atoms with Gasteiger partial charge in [0.25, 0.3) is 0 Å². The zero-order valence-corrected chi connectivity index (χ0v) is 23.5. The first kappa shape index (κ1) is 28.2. The number of halogens is 2. The number of nitrogens with zero attached hydrogens (tertiary/aromatic N) is 2. The first-order valence-corrected chi connectivity index (χ1v) is 13.4. The normalized spacial score (nSPS) is 11.9. The fourth-order valence-electron chi connectivity index (χ4n) is 3.67. The minimum atomic E-state index is 0.272. The van der Waals surface area contributed by atoms with E-state index in [4.69, 9.17) is 32.7 Å². The fourth-order valence-corrected chi connectivity index (χ4v) is 5.65. The topological polar surface area (TPSA) is 46.6 Å². The lowest BCUT2D eigenvalue weighted by Gasteiger charge is -2.31. The molecule has 0 aliphatic carbocycles. The number of hydrogen-bond donors (Lipinski definition) is 1. The van der Waals surface area contributed by atoms with Crippen LogP contribution >= 0.6 is 35.0 Å². The second kappa shape index (κ2) is 14.4. The Kier molecular flexibility index (Phi) is 11.3. The van der Waals surface area contributed by atoms with Crippen molar-refractivity contribution in [2.45, 2.75) is 31.9 Å². The van der Waals surface area contributed by atoms with Gasteiger partial charge in [-0.25, -0.2) is 4.98 Å². The maximum Gasteiger partial charge on any atom is 0.212 e. The number of hydrogen-bond acceptors (Lipinski definition) is 6. The number of pyridine rings is 1. The maximum absolute atomic E-state index is 6.32. The number of methoxy groups -OCH3 is 1. The first-order valence-electron chi connectivity index (χ1n) is 11.8. The SMILES string of the molecule is CN/C(=C(/Sc1cc(Cl)cc(Cl)c1)N(CCOCc1ccccc1)Cc1ccc(OC)nc1)C(C)C. The number of ether oxygens (including phenoxy) is 2. The molecule has 0 unspecified atom stereocenters. The summed E-state index contributed by atoms with van der Waals surface area (Å²) in [6.07, 6.45) is 1.85. The molecule has 0 saturated carbocycles. The molecule has 0 atom stereocenters. The minimum Gasteiger partial charge on any atom is -0.481 e. The van der Waals surface area contributed by atoms with Crippen molar-refractivity contribution in [1.29, 1.82) is 0 Å². The van der Waals surface area contributed by atoms with Crippen LogP contribution in [0.2, 0.25) is 10.0 Å². The summed E-state index contributed by atoms with van der Waals surface area (Å²) in [5.74, 6) is 0.863. The summed E-state index contributed by atoms with van der Waals surface area (Å²) in [6.45, 7) is 6.83. The van der Waals surface area contributed by atoms with Gasteiger partial charge in [-0.3, -0.25) is 0 Å². The molecule has 0 aliphatic rings. The summed E-state index contributed by atoms with van der Waals surface area (Å²) in [7, 11) is 3.58. The molecule has 1 heterocycles. The molecule has 0 amide bonds. The second-order valence-corrected chi connectivity index (χ2v) is 10.4. The third-order valence-corrected chi connectivity index (χ3v) is 6.99. The predicted octanol–water partition coefficient (Wildman–Crippen LogP) is 7.25. The summed E-state index contributed by atoms with van der Waals surface area (Å²) in [5.41, 5.74) is 3.35. The molecule has 1 N–H and O–H groups in total. The van der Waals surface area contributed by atoms with Crippen LogP contribution in [0, 0.1) is 5.92 Å². The van der Waals surface area contributed by atoms with Crippen LogP contribution in [0.4, 0.5) is 0 Å². The highest BCUT2D eigenvalue weighted by molar-refractivity contribution is 8.03. The monoisotopic (exact) mass is 545 g/mol. The van der Waals surface area contributed by atoms with Gasteiger partial charge in [0.2, 0.25) is 5.88 Å². The molecular formula is C28H33Cl2N3O2S. The number of nitrogens with one attached hydrogen (secondary N) is 1. The molecule has 2 aromatic carbocycles. The molecular weight excluding hydrogens is 513 g/mol. The van der Waals surface area contributed by atoms with Crippen LogP contribution in [0.5, 0.6) is 5.88 Å². The zero-order valence-electron chi connectivity index (χ0n) is 21.1. The summed E-state index contributed by atoms with van der Waals surface area (Å²) < 4.78 is 11.3. The Morgan fingerprint density at radius 3 is 2.33 bits per heavy atom. The Balaban J connectivity index is 1.89. The smallest absolute Gasteiger partial charge is 0.212 e. The van der Waals surface area contributed by atoms with Gasteiger partial charge in [-0.2, -0.15) is 0 Å². The van der Waals surface area contributed by atoms with Crippen molar-refractivity contribution < 1.29 is 9.47 Å². The van der Waals surface area contributed by atoms with Gasteiger partial charge >= 0.3 is 0 Å². The van der Waals surface area contributed by atoms with Crippen molar-refractivity contribution in [3.63, 3.8) is 0 Å². The van der Waals surface area contributed by atoms with Crippen LogP contribution in [-0.4, -0.2) is 37.2 Å². The van der Waals surface area contributed by atoms with Gasteiger partial charge in [0.15, 0.2) is 0 Å². The van der Waals surface area contributed by atoms with Crippen molar-refractivity contribution in [2.75, 3.05) is 27.3 Å². The third kappa shape index (κ3) is 8.63. The number of aromatic nitrogens is 1. The van der Waals surface area contributed by atoms with Gasteiger partial charge in [-0.15, -0.1) is 0 Å². The average molecular weight is 547 g/mol. The van der Waals surface area contributed by atoms with E-state index in [9.17, 15) is 0 Å². The lowest BCUT2D eigenvalue weighted by atomic mass is 10.1. The average Bonchev–Trinajstić information content (AvgIpc) is 2.86. The van der Waals surface area contributed by atoms with E-state index in [1.165, 1.54) is 0 Å². The summed E-state index contributed by atoms with van der Waals surface area (Å²) >= 11 is 14.3. The lowest BCUT2D eigenvalue weighted by Crippen LogP contribution is -2.30. The van der Waals surface area contributed by atoms with E-state index < -0.39 is 0 Å². The molecule has 0 bridgehead atoms. The number of benzene rings is 2. The second-order valence-electron chi connectivity index (χ2n) is 8.50. The molecule has 0 fully saturated rings. The maximum atomic E-state index is 6.32. The largest absolute Gasteiger partial charge is 0.481 e. The van der Waals surface area contributed by atoms with Crippen molar-refractivity contribution in [3.8, 4) is 5.88 Å². The minimum absolute atomic E-state index is 0.272. The summed E-state index contributed by atoms with van der Waals surface area (Å²) in [6, 6.07) is 19.7. The summed E-state index contributed by atoms with van der Waals surface area (Å²) in [4.78, 5) is 7.69. The number of allylic oxidation sites excluding steroid dienone is 1. The third-order valence-electron chi connectivity index (χ3n) is 5.41. The fraction of sp³-hybridized carbons (Fsp3) is 0.321. The molecule has 8 heteroatoms. The van der Waals surface area contributed by atoms with Crippen LogP contribution < -0.4 is 10.1 Å². The first-order chi connectivity index (χ1) is 17.4. The van der Waals surface area contributed by atoms with Gasteiger partial charge in [0, 0.05) is 53.0 Å². The van der Waals surface area contributed by atoms with Crippen molar-refractivity contribution >= 4 is 35.0 Å². The Morgan fingerprint density at radius 2 is 1.75 bits per heavy atom. The highest BCUT2D eigenvalue weighted by Gasteiger charge is 2.20. The van der Waals surface area contributed by atoms with E-state index in [-0.39, 0.29) is 5.92 Å². The van der Waals surface area contributed by atoms with E-state index in [1.807, 2.05) is 55.7 Å². The van der Waals surface area contributed by atoms with E-state index in [2.05, 4.69) is 41.2 Å². The van der Waals surface area contributed by atoms with E-state index in [0.29, 0.717) is 42.2 Å². The Bertz CT molecular complexity index is 1110. The van der Waals surface area contributed by atoms with Crippen LogP contribution in [0.15, 0.2) is 82.5 Å². The van der Waals surface area contributed by atoms with Gasteiger partial charge in [0.1, 0.15) is 0 Å². The van der Waals surface area contributed by atoms with Crippen LogP contribution in [-0.2, 0) is 17.9 Å². The van der Waals surface area contributed by atoms with E-state index >= 15 is 0 Å². The Morgan fingerprint density at radius 1 is 1.03 bits per heavy atom. The van der Waals surface area contributed by atoms with Crippen molar-refractivity contribution in [2.24, 2.45) is 5.92 Å². The predicted molar refractivity (Wildman–Crippen MR) is 151 cm³/mol. The zero-order chi connectivity index (χ0) is 25.9. The van der Waals surface area contributed by atoms with E-state index in [1.54, 1.807) is 24.9 Å². The molecule has 1 aromatic heterocycles. The van der Waals surface area contributed by atoms with Crippen LogP contribution in [0.3, 0.4) is 0 Å². The Hall–Kier alpha value is -2.38. The molecule has 0 radical (unpaired) electrons. The van der Waals surface area contributed by atoms with E-state index in [0.717, 1.165) is 26.7 Å². The molecule has 0 saturated heterocycles.